The van der Waals surface area contributed by atoms with E-state index in [1.54, 1.807) is 29.2 Å². The summed E-state index contributed by atoms with van der Waals surface area (Å²) < 4.78 is 1.61. The van der Waals surface area contributed by atoms with Crippen LogP contribution in [-0.2, 0) is 6.54 Å². The lowest BCUT2D eigenvalue weighted by Gasteiger charge is -2.00. The van der Waals surface area contributed by atoms with Crippen molar-refractivity contribution in [1.82, 2.24) is 15.1 Å². The van der Waals surface area contributed by atoms with Crippen LogP contribution in [0.2, 0.25) is 0 Å². The van der Waals surface area contributed by atoms with Crippen molar-refractivity contribution in [2.75, 3.05) is 0 Å². The van der Waals surface area contributed by atoms with Crippen LogP contribution in [0.5, 0.6) is 0 Å². The number of carbonyl (C=O) groups is 1. The van der Waals surface area contributed by atoms with E-state index in [1.165, 1.54) is 6.20 Å². The van der Waals surface area contributed by atoms with Gasteiger partial charge in [-0.3, -0.25) is 9.79 Å². The van der Waals surface area contributed by atoms with Gasteiger partial charge in [0.15, 0.2) is 0 Å². The van der Waals surface area contributed by atoms with Gasteiger partial charge in [-0.1, -0.05) is 19.2 Å². The summed E-state index contributed by atoms with van der Waals surface area (Å²) in [6, 6.07) is 0. The summed E-state index contributed by atoms with van der Waals surface area (Å²) in [7, 11) is 0. The van der Waals surface area contributed by atoms with Crippen molar-refractivity contribution in [3.63, 3.8) is 0 Å². The average Bonchev–Trinajstić information content (AvgIpc) is 2.87. The second kappa shape index (κ2) is 4.61. The fraction of sp³-hybridized carbons (Fsp3) is 0.0833. The van der Waals surface area contributed by atoms with Crippen molar-refractivity contribution in [3.05, 3.63) is 49.0 Å². The number of nitrogens with zero attached hydrogens (tertiary/aromatic N) is 3. The minimum absolute atomic E-state index is 0.0927. The SMILES string of the molecule is C=C/C=C(\C=NC=C)n1cc2c(n1)CNC2=O. The van der Waals surface area contributed by atoms with Gasteiger partial charge in [0.05, 0.1) is 29.7 Å². The molecule has 1 aliphatic heterocycles. The molecule has 1 aromatic rings. The van der Waals surface area contributed by atoms with Crippen molar-refractivity contribution >= 4 is 17.8 Å². The van der Waals surface area contributed by atoms with Crippen molar-refractivity contribution in [2.45, 2.75) is 6.54 Å². The Balaban J connectivity index is 2.38. The van der Waals surface area contributed by atoms with Crippen LogP contribution in [0.15, 0.2) is 42.7 Å². The monoisotopic (exact) mass is 228 g/mol. The first kappa shape index (κ1) is 11.1. The van der Waals surface area contributed by atoms with E-state index in [1.807, 2.05) is 0 Å². The number of nitrogens with one attached hydrogen (secondary N) is 1. The maximum atomic E-state index is 11.4. The maximum absolute atomic E-state index is 11.4. The molecule has 0 spiro atoms. The molecule has 1 N–H and O–H groups in total. The number of aromatic nitrogens is 2. The molecule has 1 aliphatic rings. The van der Waals surface area contributed by atoms with E-state index in [4.69, 9.17) is 0 Å². The summed E-state index contributed by atoms with van der Waals surface area (Å²) in [5.41, 5.74) is 2.08. The standard InChI is InChI=1S/C12H12N4O/c1-3-5-9(6-13-4-2)16-8-10-11(15-16)7-14-12(10)17/h3-6,8H,1-2,7H2,(H,14,17)/b9-5+,13-6?. The Bertz CT molecular complexity index is 537. The molecule has 0 radical (unpaired) electrons. The third-order valence-electron chi connectivity index (χ3n) is 2.32. The Morgan fingerprint density at radius 2 is 2.41 bits per heavy atom. The lowest BCUT2D eigenvalue weighted by molar-refractivity contribution is 0.0965. The summed E-state index contributed by atoms with van der Waals surface area (Å²) in [5.74, 6) is -0.0927. The average molecular weight is 228 g/mol. The minimum Gasteiger partial charge on any atom is -0.346 e. The number of hydrogen-bond donors (Lipinski definition) is 1. The highest BCUT2D eigenvalue weighted by atomic mass is 16.2. The topological polar surface area (TPSA) is 59.3 Å². The Hall–Kier alpha value is -2.43. The molecule has 2 heterocycles. The van der Waals surface area contributed by atoms with Crippen molar-refractivity contribution in [1.29, 1.82) is 0 Å². The van der Waals surface area contributed by atoms with Gasteiger partial charge >= 0.3 is 0 Å². The summed E-state index contributed by atoms with van der Waals surface area (Å²) in [6.07, 6.45) is 8.11. The number of rotatable bonds is 4. The van der Waals surface area contributed by atoms with Gasteiger partial charge in [0, 0.05) is 12.4 Å². The molecule has 0 unspecified atom stereocenters. The number of fused-ring (bicyclic) bond motifs is 1. The molecule has 86 valence electrons. The van der Waals surface area contributed by atoms with Gasteiger partial charge in [-0.05, 0) is 6.08 Å². The summed E-state index contributed by atoms with van der Waals surface area (Å²) in [5, 5.41) is 7.01. The minimum atomic E-state index is -0.0927. The predicted molar refractivity (Wildman–Crippen MR) is 66.6 cm³/mol. The second-order valence-electron chi connectivity index (χ2n) is 3.40. The molecule has 5 nitrogen and oxygen atoms in total. The molecule has 0 fully saturated rings. The number of carbonyl (C=O) groups excluding carboxylic acids is 1. The van der Waals surface area contributed by atoms with Gasteiger partial charge in [0.25, 0.3) is 5.91 Å². The fourth-order valence-electron chi connectivity index (χ4n) is 1.55. The lowest BCUT2D eigenvalue weighted by atomic mass is 10.3. The molecule has 17 heavy (non-hydrogen) atoms. The highest BCUT2D eigenvalue weighted by molar-refractivity contribution is 6.04. The van der Waals surface area contributed by atoms with E-state index in [2.05, 4.69) is 28.6 Å². The predicted octanol–water partition coefficient (Wildman–Crippen LogP) is 1.37. The molecule has 0 atom stereocenters. The van der Waals surface area contributed by atoms with E-state index in [-0.39, 0.29) is 5.91 Å². The van der Waals surface area contributed by atoms with Gasteiger partial charge < -0.3 is 5.32 Å². The van der Waals surface area contributed by atoms with E-state index in [0.717, 1.165) is 11.4 Å². The third-order valence-corrected chi connectivity index (χ3v) is 2.32. The number of hydrogen-bond acceptors (Lipinski definition) is 3. The molecule has 0 aromatic carbocycles. The molecule has 5 heteroatoms. The van der Waals surface area contributed by atoms with E-state index in [0.29, 0.717) is 12.1 Å². The molecule has 1 amide bonds. The molecular weight excluding hydrogens is 216 g/mol. The van der Waals surface area contributed by atoms with Gasteiger partial charge in [-0.25, -0.2) is 4.68 Å². The first-order valence-electron chi connectivity index (χ1n) is 5.10. The highest BCUT2D eigenvalue weighted by Crippen LogP contribution is 2.15. The van der Waals surface area contributed by atoms with Crippen LogP contribution in [0, 0.1) is 0 Å². The molecule has 1 aromatic heterocycles. The molecule has 0 aliphatic carbocycles. The number of allylic oxidation sites excluding steroid dienone is 3. The van der Waals surface area contributed by atoms with E-state index < -0.39 is 0 Å². The Morgan fingerprint density at radius 3 is 3.06 bits per heavy atom. The van der Waals surface area contributed by atoms with Crippen LogP contribution in [0.25, 0.3) is 5.70 Å². The second-order valence-corrected chi connectivity index (χ2v) is 3.40. The van der Waals surface area contributed by atoms with Crippen LogP contribution >= 0.6 is 0 Å². The summed E-state index contributed by atoms with van der Waals surface area (Å²) >= 11 is 0. The third kappa shape index (κ3) is 2.08. The zero-order valence-corrected chi connectivity index (χ0v) is 9.26. The summed E-state index contributed by atoms with van der Waals surface area (Å²) in [6.45, 7) is 7.61. The Kier molecular flexibility index (Phi) is 3.00. The lowest BCUT2D eigenvalue weighted by Crippen LogP contribution is -2.14. The zero-order chi connectivity index (χ0) is 12.3. The van der Waals surface area contributed by atoms with Crippen LogP contribution in [-0.4, -0.2) is 21.9 Å². The first-order chi connectivity index (χ1) is 8.26. The van der Waals surface area contributed by atoms with Gasteiger partial charge in [0.1, 0.15) is 0 Å². The van der Waals surface area contributed by atoms with Crippen LogP contribution < -0.4 is 5.32 Å². The zero-order valence-electron chi connectivity index (χ0n) is 9.26. The fourth-order valence-corrected chi connectivity index (χ4v) is 1.55. The molecular formula is C12H12N4O. The highest BCUT2D eigenvalue weighted by Gasteiger charge is 2.23. The molecule has 2 rings (SSSR count). The molecule has 0 saturated heterocycles. The van der Waals surface area contributed by atoms with E-state index >= 15 is 0 Å². The van der Waals surface area contributed by atoms with Gasteiger partial charge in [-0.2, -0.15) is 5.10 Å². The molecule has 0 saturated carbocycles. The van der Waals surface area contributed by atoms with Gasteiger partial charge in [-0.15, -0.1) is 0 Å². The quantitative estimate of drug-likeness (QED) is 0.625. The smallest absolute Gasteiger partial charge is 0.255 e. The van der Waals surface area contributed by atoms with Crippen LogP contribution in [0.1, 0.15) is 16.1 Å². The normalized spacial score (nSPS) is 14.8. The van der Waals surface area contributed by atoms with Crippen molar-refractivity contribution in [3.8, 4) is 0 Å². The van der Waals surface area contributed by atoms with Gasteiger partial charge in [0.2, 0.25) is 0 Å². The number of amides is 1. The van der Waals surface area contributed by atoms with Crippen molar-refractivity contribution in [2.24, 2.45) is 4.99 Å². The Labute approximate surface area is 98.9 Å². The maximum Gasteiger partial charge on any atom is 0.255 e. The van der Waals surface area contributed by atoms with Crippen molar-refractivity contribution < 1.29 is 4.79 Å². The summed E-state index contributed by atoms with van der Waals surface area (Å²) in [4.78, 5) is 15.3. The van der Waals surface area contributed by atoms with E-state index in [9.17, 15) is 4.79 Å². The first-order valence-corrected chi connectivity index (χ1v) is 5.10. The Morgan fingerprint density at radius 1 is 1.59 bits per heavy atom. The van der Waals surface area contributed by atoms with Crippen LogP contribution in [0.3, 0.4) is 0 Å². The molecule has 0 bridgehead atoms. The largest absolute Gasteiger partial charge is 0.346 e. The van der Waals surface area contributed by atoms with Crippen LogP contribution in [0.4, 0.5) is 0 Å². The number of aliphatic imine (C=N–C) groups is 1.